The number of ether oxygens (including phenoxy) is 1. The number of carbonyl (C=O) groups is 1. The Hall–Kier alpha value is -0.610. The average Bonchev–Trinajstić information content (AvgIpc) is 2.41. The van der Waals surface area contributed by atoms with Gasteiger partial charge in [-0.3, -0.25) is 9.69 Å². The second kappa shape index (κ2) is 7.98. The molecule has 0 aromatic carbocycles. The van der Waals surface area contributed by atoms with Gasteiger partial charge < -0.3 is 10.1 Å². The van der Waals surface area contributed by atoms with E-state index < -0.39 is 0 Å². The van der Waals surface area contributed by atoms with Crippen LogP contribution >= 0.6 is 0 Å². The van der Waals surface area contributed by atoms with Crippen LogP contribution in [-0.4, -0.2) is 47.7 Å². The Morgan fingerprint density at radius 3 is 2.65 bits per heavy atom. The Morgan fingerprint density at radius 2 is 2.04 bits per heavy atom. The normalized spacial score (nSPS) is 30.6. The molecule has 134 valence electrons. The third-order valence-corrected chi connectivity index (χ3v) is 5.04. The van der Waals surface area contributed by atoms with Gasteiger partial charge >= 0.3 is 0 Å². The Labute approximate surface area is 142 Å². The summed E-state index contributed by atoms with van der Waals surface area (Å²) in [5.74, 6) is 0.433. The van der Waals surface area contributed by atoms with Crippen LogP contribution in [0.4, 0.5) is 0 Å². The SMILES string of the molecule is CCCC(C)NC(=O)C1CCCN(C2CC(OC(C)(C)C)C2)C1. The van der Waals surface area contributed by atoms with Gasteiger partial charge in [0.1, 0.15) is 0 Å². The van der Waals surface area contributed by atoms with Gasteiger partial charge in [-0.05, 0) is 66.3 Å². The Kier molecular flexibility index (Phi) is 6.49. The van der Waals surface area contributed by atoms with Gasteiger partial charge in [-0.25, -0.2) is 0 Å². The van der Waals surface area contributed by atoms with E-state index in [-0.39, 0.29) is 17.4 Å². The minimum Gasteiger partial charge on any atom is -0.373 e. The molecular formula is C19H36N2O2. The Morgan fingerprint density at radius 1 is 1.35 bits per heavy atom. The maximum atomic E-state index is 12.4. The average molecular weight is 325 g/mol. The highest BCUT2D eigenvalue weighted by Gasteiger charge is 2.39. The van der Waals surface area contributed by atoms with E-state index in [0.717, 1.165) is 51.6 Å². The van der Waals surface area contributed by atoms with Crippen molar-refractivity contribution in [2.75, 3.05) is 13.1 Å². The molecule has 2 unspecified atom stereocenters. The van der Waals surface area contributed by atoms with Crippen LogP contribution in [0.5, 0.6) is 0 Å². The highest BCUT2D eigenvalue weighted by Crippen LogP contribution is 2.33. The van der Waals surface area contributed by atoms with Crippen LogP contribution in [0.3, 0.4) is 0 Å². The van der Waals surface area contributed by atoms with Gasteiger partial charge in [0.2, 0.25) is 5.91 Å². The van der Waals surface area contributed by atoms with E-state index in [0.29, 0.717) is 18.2 Å². The number of likely N-dealkylation sites (tertiary alicyclic amines) is 1. The molecular weight excluding hydrogens is 288 g/mol. The third-order valence-electron chi connectivity index (χ3n) is 5.04. The lowest BCUT2D eigenvalue weighted by atomic mass is 9.84. The lowest BCUT2D eigenvalue weighted by Crippen LogP contribution is -2.54. The summed E-state index contributed by atoms with van der Waals surface area (Å²) in [6, 6.07) is 0.919. The van der Waals surface area contributed by atoms with E-state index in [9.17, 15) is 4.79 Å². The van der Waals surface area contributed by atoms with Crippen LogP contribution in [-0.2, 0) is 9.53 Å². The zero-order chi connectivity index (χ0) is 17.0. The van der Waals surface area contributed by atoms with Gasteiger partial charge in [-0.2, -0.15) is 0 Å². The van der Waals surface area contributed by atoms with Crippen LogP contribution in [0.15, 0.2) is 0 Å². The van der Waals surface area contributed by atoms with Gasteiger partial charge in [-0.1, -0.05) is 13.3 Å². The molecule has 0 aromatic rings. The maximum absolute atomic E-state index is 12.4. The first-order valence-corrected chi connectivity index (χ1v) is 9.50. The van der Waals surface area contributed by atoms with Crippen molar-refractivity contribution >= 4 is 5.91 Å². The molecule has 4 heteroatoms. The van der Waals surface area contributed by atoms with Gasteiger partial charge in [0.05, 0.1) is 17.6 Å². The highest BCUT2D eigenvalue weighted by molar-refractivity contribution is 5.79. The van der Waals surface area contributed by atoms with Crippen LogP contribution in [0, 0.1) is 5.92 Å². The van der Waals surface area contributed by atoms with Crippen molar-refractivity contribution in [3.63, 3.8) is 0 Å². The zero-order valence-corrected chi connectivity index (χ0v) is 15.7. The zero-order valence-electron chi connectivity index (χ0n) is 15.7. The number of nitrogens with zero attached hydrogens (tertiary/aromatic N) is 1. The monoisotopic (exact) mass is 324 g/mol. The van der Waals surface area contributed by atoms with E-state index in [1.165, 1.54) is 0 Å². The lowest BCUT2D eigenvalue weighted by Gasteiger charge is -2.47. The molecule has 4 nitrogen and oxygen atoms in total. The van der Waals surface area contributed by atoms with Crippen LogP contribution < -0.4 is 5.32 Å². The van der Waals surface area contributed by atoms with Crippen molar-refractivity contribution in [2.24, 2.45) is 5.92 Å². The lowest BCUT2D eigenvalue weighted by molar-refractivity contribution is -0.133. The highest BCUT2D eigenvalue weighted by atomic mass is 16.5. The van der Waals surface area contributed by atoms with Gasteiger partial charge in [0, 0.05) is 18.6 Å². The Balaban J connectivity index is 1.75. The summed E-state index contributed by atoms with van der Waals surface area (Å²) >= 11 is 0. The van der Waals surface area contributed by atoms with Gasteiger partial charge in [-0.15, -0.1) is 0 Å². The fourth-order valence-corrected chi connectivity index (χ4v) is 3.85. The second-order valence-electron chi connectivity index (χ2n) is 8.51. The maximum Gasteiger partial charge on any atom is 0.224 e. The summed E-state index contributed by atoms with van der Waals surface area (Å²) in [6.07, 6.45) is 7.01. The smallest absolute Gasteiger partial charge is 0.224 e. The van der Waals surface area contributed by atoms with Crippen molar-refractivity contribution in [3.8, 4) is 0 Å². The number of hydrogen-bond acceptors (Lipinski definition) is 3. The molecule has 1 N–H and O–H groups in total. The fraction of sp³-hybridized carbons (Fsp3) is 0.947. The molecule has 2 fully saturated rings. The number of nitrogens with one attached hydrogen (secondary N) is 1. The van der Waals surface area contributed by atoms with E-state index in [2.05, 4.69) is 44.8 Å². The van der Waals surface area contributed by atoms with Crippen molar-refractivity contribution < 1.29 is 9.53 Å². The van der Waals surface area contributed by atoms with E-state index >= 15 is 0 Å². The van der Waals surface area contributed by atoms with Gasteiger partial charge in [0.15, 0.2) is 0 Å². The first-order chi connectivity index (χ1) is 10.8. The number of rotatable bonds is 6. The van der Waals surface area contributed by atoms with Crippen molar-refractivity contribution in [2.45, 2.75) is 96.9 Å². The summed E-state index contributed by atoms with van der Waals surface area (Å²) in [7, 11) is 0. The van der Waals surface area contributed by atoms with E-state index in [4.69, 9.17) is 4.74 Å². The predicted molar refractivity (Wildman–Crippen MR) is 94.5 cm³/mol. The fourth-order valence-electron chi connectivity index (χ4n) is 3.85. The van der Waals surface area contributed by atoms with Crippen molar-refractivity contribution in [1.29, 1.82) is 0 Å². The summed E-state index contributed by atoms with van der Waals surface area (Å²) in [5.41, 5.74) is -0.0463. The molecule has 0 spiro atoms. The van der Waals surface area contributed by atoms with Gasteiger partial charge in [0.25, 0.3) is 0 Å². The predicted octanol–water partition coefficient (Wildman–Crippen LogP) is 3.35. The summed E-state index contributed by atoms with van der Waals surface area (Å²) in [5, 5.41) is 3.20. The van der Waals surface area contributed by atoms with E-state index in [1.54, 1.807) is 0 Å². The molecule has 1 aliphatic heterocycles. The second-order valence-corrected chi connectivity index (χ2v) is 8.51. The standard InChI is InChI=1S/C19H36N2O2/c1-6-8-14(2)20-18(22)15-9-7-10-21(13-15)16-11-17(12-16)23-19(3,4)5/h14-17H,6-13H2,1-5H3,(H,20,22). The molecule has 2 atom stereocenters. The molecule has 2 aliphatic rings. The summed E-state index contributed by atoms with van der Waals surface area (Å²) in [6.45, 7) is 12.7. The largest absolute Gasteiger partial charge is 0.373 e. The quantitative estimate of drug-likeness (QED) is 0.814. The number of piperidine rings is 1. The third kappa shape index (κ3) is 5.75. The van der Waals surface area contributed by atoms with Crippen LogP contribution in [0.2, 0.25) is 0 Å². The molecule has 1 saturated carbocycles. The summed E-state index contributed by atoms with van der Waals surface area (Å²) < 4.78 is 6.04. The van der Waals surface area contributed by atoms with Crippen LogP contribution in [0.25, 0.3) is 0 Å². The molecule has 23 heavy (non-hydrogen) atoms. The molecule has 0 bridgehead atoms. The molecule has 0 radical (unpaired) electrons. The molecule has 1 aliphatic carbocycles. The first-order valence-electron chi connectivity index (χ1n) is 9.50. The molecule has 2 rings (SSSR count). The molecule has 1 amide bonds. The summed E-state index contributed by atoms with van der Waals surface area (Å²) in [4.78, 5) is 15.0. The number of amides is 1. The number of hydrogen-bond donors (Lipinski definition) is 1. The molecule has 1 heterocycles. The van der Waals surface area contributed by atoms with E-state index in [1.807, 2.05) is 0 Å². The topological polar surface area (TPSA) is 41.6 Å². The molecule has 1 saturated heterocycles. The van der Waals surface area contributed by atoms with Crippen molar-refractivity contribution in [1.82, 2.24) is 10.2 Å². The van der Waals surface area contributed by atoms with Crippen LogP contribution in [0.1, 0.15) is 73.1 Å². The minimum atomic E-state index is -0.0463. The Bertz CT molecular complexity index is 385. The first kappa shape index (κ1) is 18.7. The number of carbonyl (C=O) groups excluding carboxylic acids is 1. The molecule has 0 aromatic heterocycles. The minimum absolute atomic E-state index is 0.0463. The van der Waals surface area contributed by atoms with Crippen molar-refractivity contribution in [3.05, 3.63) is 0 Å².